The van der Waals surface area contributed by atoms with E-state index in [1.54, 1.807) is 10.8 Å². The molecule has 1 fully saturated rings. The maximum atomic E-state index is 13.9. The van der Waals surface area contributed by atoms with Crippen molar-refractivity contribution in [1.29, 1.82) is 0 Å². The number of nitrogens with zero attached hydrogens (tertiary/aromatic N) is 3. The highest BCUT2D eigenvalue weighted by Gasteiger charge is 2.41. The van der Waals surface area contributed by atoms with Crippen LogP contribution in [0.5, 0.6) is 0 Å². The van der Waals surface area contributed by atoms with E-state index in [4.69, 9.17) is 4.74 Å². The Morgan fingerprint density at radius 2 is 1.81 bits per heavy atom. The number of pyridine rings is 1. The van der Waals surface area contributed by atoms with Crippen molar-refractivity contribution in [3.05, 3.63) is 42.1 Å². The van der Waals surface area contributed by atoms with Crippen molar-refractivity contribution in [1.82, 2.24) is 25.2 Å². The van der Waals surface area contributed by atoms with Crippen LogP contribution in [-0.2, 0) is 14.3 Å². The molecule has 42 heavy (non-hydrogen) atoms. The Balaban J connectivity index is 1.79. The first-order valence-corrected chi connectivity index (χ1v) is 13.5. The number of alkyl halides is 5. The van der Waals surface area contributed by atoms with Crippen LogP contribution in [0, 0.1) is 5.92 Å². The zero-order valence-electron chi connectivity index (χ0n) is 23.5. The molecule has 3 rings (SSSR count). The van der Waals surface area contributed by atoms with Crippen LogP contribution in [0.25, 0.3) is 0 Å². The molecule has 3 N–H and O–H groups in total. The SMILES string of the molecule is COCC(NC(=O)CCC(F)(F)F)c1ccnc(NC(=O)[C@@H](NC(=O)c2nccn2C(C)C)C2CCC(F)(F)CC2)c1. The quantitative estimate of drug-likeness (QED) is 0.306. The van der Waals surface area contributed by atoms with Gasteiger partial charge in [0.15, 0.2) is 5.82 Å². The molecule has 0 saturated heterocycles. The Morgan fingerprint density at radius 1 is 1.12 bits per heavy atom. The molecule has 10 nitrogen and oxygen atoms in total. The summed E-state index contributed by atoms with van der Waals surface area (Å²) in [4.78, 5) is 46.9. The maximum Gasteiger partial charge on any atom is 0.389 e. The molecule has 2 heterocycles. The normalized spacial score (nSPS) is 17.0. The number of methoxy groups -OCH3 is 1. The lowest BCUT2D eigenvalue weighted by molar-refractivity contribution is -0.144. The van der Waals surface area contributed by atoms with Gasteiger partial charge in [0.1, 0.15) is 11.9 Å². The second-order valence-corrected chi connectivity index (χ2v) is 10.6. The van der Waals surface area contributed by atoms with Gasteiger partial charge in [-0.05, 0) is 50.3 Å². The molecule has 232 valence electrons. The highest BCUT2D eigenvalue weighted by molar-refractivity contribution is 5.99. The van der Waals surface area contributed by atoms with Crippen LogP contribution < -0.4 is 16.0 Å². The Bertz CT molecular complexity index is 1230. The second-order valence-electron chi connectivity index (χ2n) is 10.6. The summed E-state index contributed by atoms with van der Waals surface area (Å²) in [5.41, 5.74) is 0.388. The zero-order valence-corrected chi connectivity index (χ0v) is 23.5. The largest absolute Gasteiger partial charge is 0.389 e. The summed E-state index contributed by atoms with van der Waals surface area (Å²) >= 11 is 0. The van der Waals surface area contributed by atoms with Crippen LogP contribution in [0.4, 0.5) is 27.8 Å². The molecule has 3 amide bonds. The Hall–Kier alpha value is -3.62. The van der Waals surface area contributed by atoms with Gasteiger partial charge in [0.2, 0.25) is 17.7 Å². The molecule has 0 aliphatic heterocycles. The Kier molecular flexibility index (Phi) is 11.0. The summed E-state index contributed by atoms with van der Waals surface area (Å²) < 4.78 is 72.1. The van der Waals surface area contributed by atoms with E-state index >= 15 is 0 Å². The summed E-state index contributed by atoms with van der Waals surface area (Å²) in [5.74, 6) is -5.54. The third-order valence-corrected chi connectivity index (χ3v) is 6.97. The number of hydrogen-bond donors (Lipinski definition) is 3. The summed E-state index contributed by atoms with van der Waals surface area (Å²) in [7, 11) is 1.35. The predicted molar refractivity (Wildman–Crippen MR) is 142 cm³/mol. The Morgan fingerprint density at radius 3 is 2.43 bits per heavy atom. The van der Waals surface area contributed by atoms with Crippen LogP contribution in [0.1, 0.15) is 80.6 Å². The van der Waals surface area contributed by atoms with Gasteiger partial charge in [-0.2, -0.15) is 13.2 Å². The lowest BCUT2D eigenvalue weighted by Crippen LogP contribution is -2.50. The van der Waals surface area contributed by atoms with Crippen LogP contribution in [0.3, 0.4) is 0 Å². The Labute approximate surface area is 239 Å². The van der Waals surface area contributed by atoms with Crippen molar-refractivity contribution in [2.45, 2.75) is 82.6 Å². The number of nitrogens with one attached hydrogen (secondary N) is 3. The number of imidazole rings is 1. The standard InChI is InChI=1S/C27H35F5N6O4/c1-16(2)38-13-12-34-23(38)25(41)37-22(17-4-8-26(28,29)9-5-17)24(40)36-20-14-18(7-11-33-20)19(15-42-3)35-21(39)6-10-27(30,31)32/h7,11-14,16-17,19,22H,4-6,8-10,15H2,1-3H3,(H,35,39)(H,37,41)(H,33,36,40)/t19?,22-/m0/s1. The lowest BCUT2D eigenvalue weighted by atomic mass is 9.81. The number of anilines is 1. The molecule has 0 radical (unpaired) electrons. The van der Waals surface area contributed by atoms with Gasteiger partial charge in [0, 0.05) is 51.0 Å². The van der Waals surface area contributed by atoms with Gasteiger partial charge < -0.3 is 25.3 Å². The van der Waals surface area contributed by atoms with E-state index in [2.05, 4.69) is 25.9 Å². The molecule has 1 aliphatic carbocycles. The fourth-order valence-corrected chi connectivity index (χ4v) is 4.75. The lowest BCUT2D eigenvalue weighted by Gasteiger charge is -2.33. The van der Waals surface area contributed by atoms with Crippen molar-refractivity contribution >= 4 is 23.5 Å². The molecule has 1 saturated carbocycles. The van der Waals surface area contributed by atoms with Crippen LogP contribution in [0.15, 0.2) is 30.7 Å². The monoisotopic (exact) mass is 602 g/mol. The zero-order chi connectivity index (χ0) is 31.1. The fraction of sp³-hybridized carbons (Fsp3) is 0.593. The van der Waals surface area contributed by atoms with E-state index < -0.39 is 73.5 Å². The molecule has 0 aromatic carbocycles. The average molecular weight is 603 g/mol. The van der Waals surface area contributed by atoms with E-state index in [1.807, 2.05) is 13.8 Å². The minimum Gasteiger partial charge on any atom is -0.382 e. The summed E-state index contributed by atoms with van der Waals surface area (Å²) in [5, 5.41) is 7.75. The van der Waals surface area contributed by atoms with E-state index in [9.17, 15) is 36.3 Å². The number of ether oxygens (including phenoxy) is 1. The number of amides is 3. The van der Waals surface area contributed by atoms with Crippen LogP contribution in [-0.4, -0.2) is 64.1 Å². The van der Waals surface area contributed by atoms with Crippen LogP contribution in [0.2, 0.25) is 0 Å². The minimum absolute atomic E-state index is 0.00265. The van der Waals surface area contributed by atoms with Crippen molar-refractivity contribution in [3.8, 4) is 0 Å². The molecular formula is C27H35F5N6O4. The van der Waals surface area contributed by atoms with Gasteiger partial charge in [-0.15, -0.1) is 0 Å². The van der Waals surface area contributed by atoms with Gasteiger partial charge in [0.05, 0.1) is 19.1 Å². The number of carbonyl (C=O) groups excluding carboxylic acids is 3. The third kappa shape index (κ3) is 9.46. The van der Waals surface area contributed by atoms with Gasteiger partial charge in [-0.25, -0.2) is 18.7 Å². The molecular weight excluding hydrogens is 567 g/mol. The average Bonchev–Trinajstić information content (AvgIpc) is 3.41. The van der Waals surface area contributed by atoms with E-state index in [-0.39, 0.29) is 37.1 Å². The summed E-state index contributed by atoms with van der Waals surface area (Å²) in [6.45, 7) is 3.62. The number of hydrogen-bond acceptors (Lipinski definition) is 6. The highest BCUT2D eigenvalue weighted by Crippen LogP contribution is 2.38. The summed E-state index contributed by atoms with van der Waals surface area (Å²) in [6.07, 6.45) is -3.03. The first kappa shape index (κ1) is 32.9. The molecule has 2 aromatic rings. The number of carbonyl (C=O) groups is 3. The van der Waals surface area contributed by atoms with Gasteiger partial charge >= 0.3 is 6.18 Å². The van der Waals surface area contributed by atoms with Gasteiger partial charge in [-0.1, -0.05) is 0 Å². The first-order chi connectivity index (χ1) is 19.7. The third-order valence-electron chi connectivity index (χ3n) is 6.97. The highest BCUT2D eigenvalue weighted by atomic mass is 19.4. The number of halogens is 5. The van der Waals surface area contributed by atoms with Crippen molar-refractivity contribution in [3.63, 3.8) is 0 Å². The van der Waals surface area contributed by atoms with Crippen molar-refractivity contribution in [2.24, 2.45) is 5.92 Å². The van der Waals surface area contributed by atoms with E-state index in [0.717, 1.165) is 0 Å². The number of rotatable bonds is 12. The van der Waals surface area contributed by atoms with Gasteiger partial charge in [0.25, 0.3) is 5.91 Å². The van der Waals surface area contributed by atoms with E-state index in [1.165, 1.54) is 31.6 Å². The molecule has 2 aromatic heterocycles. The molecule has 1 aliphatic rings. The van der Waals surface area contributed by atoms with Crippen molar-refractivity contribution < 1.29 is 41.1 Å². The molecule has 15 heteroatoms. The molecule has 1 unspecified atom stereocenters. The minimum atomic E-state index is -4.49. The molecule has 0 spiro atoms. The fourth-order valence-electron chi connectivity index (χ4n) is 4.75. The topological polar surface area (TPSA) is 127 Å². The van der Waals surface area contributed by atoms with Gasteiger partial charge in [-0.3, -0.25) is 14.4 Å². The summed E-state index contributed by atoms with van der Waals surface area (Å²) in [6, 6.07) is 0.770. The first-order valence-electron chi connectivity index (χ1n) is 13.5. The molecule has 2 atom stereocenters. The van der Waals surface area contributed by atoms with Crippen LogP contribution >= 0.6 is 0 Å². The second kappa shape index (κ2) is 14.0. The molecule has 0 bridgehead atoms. The number of aromatic nitrogens is 3. The smallest absolute Gasteiger partial charge is 0.382 e. The van der Waals surface area contributed by atoms with E-state index in [0.29, 0.717) is 5.56 Å². The van der Waals surface area contributed by atoms with Crippen molar-refractivity contribution in [2.75, 3.05) is 19.0 Å². The maximum absolute atomic E-state index is 13.9. The predicted octanol–water partition coefficient (Wildman–Crippen LogP) is 4.57.